The molecule has 0 saturated carbocycles. The molecular formula is C11H13N3. The Hall–Kier alpha value is -1.77. The summed E-state index contributed by atoms with van der Waals surface area (Å²) in [7, 11) is 2.03. The van der Waals surface area contributed by atoms with Crippen molar-refractivity contribution in [1.82, 2.24) is 4.57 Å². The number of nitrogens with zero attached hydrogens (tertiary/aromatic N) is 1. The zero-order chi connectivity index (χ0) is 10.3. The second-order valence-corrected chi connectivity index (χ2v) is 3.53. The van der Waals surface area contributed by atoms with Crippen LogP contribution in [0.5, 0.6) is 0 Å². The van der Waals surface area contributed by atoms with Gasteiger partial charge < -0.3 is 10.3 Å². The predicted molar refractivity (Wildman–Crippen MR) is 58.7 cm³/mol. The van der Waals surface area contributed by atoms with Crippen LogP contribution in [-0.4, -0.2) is 10.4 Å². The van der Waals surface area contributed by atoms with E-state index < -0.39 is 0 Å². The van der Waals surface area contributed by atoms with Gasteiger partial charge in [0, 0.05) is 29.2 Å². The Morgan fingerprint density at radius 2 is 2.07 bits per heavy atom. The molecule has 1 heterocycles. The summed E-state index contributed by atoms with van der Waals surface area (Å²) in [6, 6.07) is 7.93. The van der Waals surface area contributed by atoms with Gasteiger partial charge >= 0.3 is 0 Å². The number of hydrogen-bond donors (Lipinski definition) is 2. The average Bonchev–Trinajstić information content (AvgIpc) is 2.42. The first kappa shape index (κ1) is 8.81. The Bertz CT molecular complexity index is 508. The molecule has 0 radical (unpaired) electrons. The SMILES string of the molecule is Cc1cc2cc(C(=N)N)ccc2n1C. The predicted octanol–water partition coefficient (Wildman–Crippen LogP) is 1.77. The summed E-state index contributed by atoms with van der Waals surface area (Å²) < 4.78 is 2.12. The molecule has 2 aromatic rings. The normalized spacial score (nSPS) is 10.7. The minimum atomic E-state index is 0.119. The minimum Gasteiger partial charge on any atom is -0.384 e. The van der Waals surface area contributed by atoms with Crippen LogP contribution >= 0.6 is 0 Å². The molecule has 0 aliphatic heterocycles. The van der Waals surface area contributed by atoms with Gasteiger partial charge in [0.25, 0.3) is 0 Å². The molecule has 0 fully saturated rings. The van der Waals surface area contributed by atoms with Crippen LogP contribution in [0.1, 0.15) is 11.3 Å². The highest BCUT2D eigenvalue weighted by Gasteiger charge is 2.03. The third kappa shape index (κ3) is 1.18. The summed E-state index contributed by atoms with van der Waals surface area (Å²) >= 11 is 0. The van der Waals surface area contributed by atoms with Gasteiger partial charge in [-0.2, -0.15) is 0 Å². The van der Waals surface area contributed by atoms with Crippen LogP contribution in [0.3, 0.4) is 0 Å². The maximum Gasteiger partial charge on any atom is 0.122 e. The van der Waals surface area contributed by atoms with E-state index in [9.17, 15) is 0 Å². The molecule has 1 aromatic carbocycles. The van der Waals surface area contributed by atoms with E-state index in [2.05, 4.69) is 17.6 Å². The number of benzene rings is 1. The highest BCUT2D eigenvalue weighted by molar-refractivity contribution is 5.98. The Balaban J connectivity index is 2.73. The molecule has 1 aromatic heterocycles. The monoisotopic (exact) mass is 187 g/mol. The summed E-state index contributed by atoms with van der Waals surface area (Å²) in [5.41, 5.74) is 8.59. The first-order chi connectivity index (χ1) is 6.59. The van der Waals surface area contributed by atoms with E-state index in [1.54, 1.807) is 0 Å². The van der Waals surface area contributed by atoms with Crippen molar-refractivity contribution in [1.29, 1.82) is 5.41 Å². The van der Waals surface area contributed by atoms with E-state index in [0.29, 0.717) is 0 Å². The van der Waals surface area contributed by atoms with Crippen LogP contribution in [0, 0.1) is 12.3 Å². The van der Waals surface area contributed by atoms with Gasteiger partial charge in [0.15, 0.2) is 0 Å². The number of amidine groups is 1. The van der Waals surface area contributed by atoms with E-state index in [1.807, 2.05) is 25.2 Å². The van der Waals surface area contributed by atoms with Gasteiger partial charge in [0.1, 0.15) is 5.84 Å². The van der Waals surface area contributed by atoms with E-state index in [-0.39, 0.29) is 5.84 Å². The topological polar surface area (TPSA) is 54.8 Å². The molecule has 0 atom stereocenters. The molecule has 72 valence electrons. The van der Waals surface area contributed by atoms with Crippen LogP contribution in [0.15, 0.2) is 24.3 Å². The number of rotatable bonds is 1. The van der Waals surface area contributed by atoms with Crippen molar-refractivity contribution in [3.05, 3.63) is 35.5 Å². The standard InChI is InChI=1S/C11H13N3/c1-7-5-9-6-8(11(12)13)3-4-10(9)14(7)2/h3-6H,1-2H3,(H3,12,13). The lowest BCUT2D eigenvalue weighted by Crippen LogP contribution is -2.10. The Morgan fingerprint density at radius 3 is 2.71 bits per heavy atom. The quantitative estimate of drug-likeness (QED) is 0.519. The van der Waals surface area contributed by atoms with Crippen LogP contribution in [0.2, 0.25) is 0 Å². The van der Waals surface area contributed by atoms with Crippen molar-refractivity contribution < 1.29 is 0 Å². The van der Waals surface area contributed by atoms with Crippen LogP contribution in [0.4, 0.5) is 0 Å². The molecule has 0 bridgehead atoms. The number of aromatic nitrogens is 1. The molecular weight excluding hydrogens is 174 g/mol. The van der Waals surface area contributed by atoms with E-state index >= 15 is 0 Å². The molecule has 0 aliphatic carbocycles. The molecule has 0 amide bonds. The minimum absolute atomic E-state index is 0.119. The van der Waals surface area contributed by atoms with Crippen LogP contribution in [0.25, 0.3) is 10.9 Å². The first-order valence-electron chi connectivity index (χ1n) is 4.50. The van der Waals surface area contributed by atoms with Gasteiger partial charge in [-0.05, 0) is 31.2 Å². The van der Waals surface area contributed by atoms with Crippen molar-refractivity contribution in [2.75, 3.05) is 0 Å². The smallest absolute Gasteiger partial charge is 0.122 e. The van der Waals surface area contributed by atoms with Crippen molar-refractivity contribution in [3.63, 3.8) is 0 Å². The third-order valence-corrected chi connectivity index (χ3v) is 2.59. The zero-order valence-electron chi connectivity index (χ0n) is 8.33. The Kier molecular flexibility index (Phi) is 1.81. The lowest BCUT2D eigenvalue weighted by molar-refractivity contribution is 0.918. The lowest BCUT2D eigenvalue weighted by Gasteiger charge is -2.00. The van der Waals surface area contributed by atoms with E-state index in [4.69, 9.17) is 11.1 Å². The zero-order valence-corrected chi connectivity index (χ0v) is 8.33. The van der Waals surface area contributed by atoms with Crippen molar-refractivity contribution in [2.45, 2.75) is 6.92 Å². The van der Waals surface area contributed by atoms with Gasteiger partial charge in [-0.3, -0.25) is 5.41 Å². The van der Waals surface area contributed by atoms with E-state index in [1.165, 1.54) is 11.2 Å². The number of hydrogen-bond acceptors (Lipinski definition) is 1. The van der Waals surface area contributed by atoms with Crippen molar-refractivity contribution in [2.24, 2.45) is 12.8 Å². The number of nitrogens with two attached hydrogens (primary N) is 1. The lowest BCUT2D eigenvalue weighted by atomic mass is 10.1. The Labute approximate surface area is 82.7 Å². The molecule has 14 heavy (non-hydrogen) atoms. The van der Waals surface area contributed by atoms with Gasteiger partial charge in [-0.25, -0.2) is 0 Å². The number of nitrogen functional groups attached to an aromatic ring is 1. The molecule has 3 N–H and O–H groups in total. The fraction of sp³-hybridized carbons (Fsp3) is 0.182. The fourth-order valence-corrected chi connectivity index (χ4v) is 1.65. The average molecular weight is 187 g/mol. The summed E-state index contributed by atoms with van der Waals surface area (Å²) in [4.78, 5) is 0. The molecule has 0 spiro atoms. The second-order valence-electron chi connectivity index (χ2n) is 3.53. The van der Waals surface area contributed by atoms with Crippen molar-refractivity contribution in [3.8, 4) is 0 Å². The fourth-order valence-electron chi connectivity index (χ4n) is 1.65. The van der Waals surface area contributed by atoms with Crippen LogP contribution < -0.4 is 5.73 Å². The maximum absolute atomic E-state index is 7.34. The first-order valence-corrected chi connectivity index (χ1v) is 4.50. The van der Waals surface area contributed by atoms with Crippen molar-refractivity contribution >= 4 is 16.7 Å². The third-order valence-electron chi connectivity index (χ3n) is 2.59. The molecule has 3 heteroatoms. The van der Waals surface area contributed by atoms with Gasteiger partial charge in [-0.1, -0.05) is 0 Å². The highest BCUT2D eigenvalue weighted by Crippen LogP contribution is 2.19. The molecule has 3 nitrogen and oxygen atoms in total. The van der Waals surface area contributed by atoms with E-state index in [0.717, 1.165) is 10.9 Å². The summed E-state index contributed by atoms with van der Waals surface area (Å²) in [6.45, 7) is 2.06. The maximum atomic E-state index is 7.34. The Morgan fingerprint density at radius 1 is 1.36 bits per heavy atom. The summed E-state index contributed by atoms with van der Waals surface area (Å²) in [5, 5.41) is 8.48. The largest absolute Gasteiger partial charge is 0.384 e. The summed E-state index contributed by atoms with van der Waals surface area (Å²) in [6.07, 6.45) is 0. The van der Waals surface area contributed by atoms with Gasteiger partial charge in [-0.15, -0.1) is 0 Å². The molecule has 2 rings (SSSR count). The van der Waals surface area contributed by atoms with Gasteiger partial charge in [0.05, 0.1) is 0 Å². The summed E-state index contributed by atoms with van der Waals surface area (Å²) in [5.74, 6) is 0.119. The highest BCUT2D eigenvalue weighted by atomic mass is 14.9. The molecule has 0 saturated heterocycles. The number of nitrogens with one attached hydrogen (secondary N) is 1. The van der Waals surface area contributed by atoms with Crippen LogP contribution in [-0.2, 0) is 7.05 Å². The number of fused-ring (bicyclic) bond motifs is 1. The van der Waals surface area contributed by atoms with Gasteiger partial charge in [0.2, 0.25) is 0 Å². The molecule has 0 unspecified atom stereocenters. The second kappa shape index (κ2) is 2.87. The molecule has 0 aliphatic rings. The number of aryl methyl sites for hydroxylation is 2.